The van der Waals surface area contributed by atoms with Crippen LogP contribution in [0.2, 0.25) is 0 Å². The molecule has 0 radical (unpaired) electrons. The molecular formula is C26H24N4O4. The van der Waals surface area contributed by atoms with Gasteiger partial charge in [-0.2, -0.15) is 4.98 Å². The van der Waals surface area contributed by atoms with Crippen molar-refractivity contribution >= 4 is 11.6 Å². The van der Waals surface area contributed by atoms with Gasteiger partial charge in [-0.25, -0.2) is 4.79 Å². The highest BCUT2D eigenvalue weighted by Gasteiger charge is 2.36. The second-order valence-electron chi connectivity index (χ2n) is 8.11. The molecule has 0 aliphatic carbocycles. The maximum absolute atomic E-state index is 13.1. The molecule has 0 spiro atoms. The first kappa shape index (κ1) is 21.5. The lowest BCUT2D eigenvalue weighted by Crippen LogP contribution is -2.45. The van der Waals surface area contributed by atoms with E-state index < -0.39 is 6.04 Å². The standard InChI is InChI=1S/C26H24N4O4/c1-16-6-8-19(9-7-16)24-28-25(34-29-24)22-17(2)30(15-21-5-4-14-33-21)26(31)27-23(22)18-10-12-20(32-3)13-11-18/h4-14,23H,15H2,1-3H3,(H,27,31). The van der Waals surface area contributed by atoms with Crippen LogP contribution in [0.25, 0.3) is 17.0 Å². The number of benzene rings is 2. The number of hydrogen-bond acceptors (Lipinski definition) is 6. The van der Waals surface area contributed by atoms with Crippen LogP contribution in [0.5, 0.6) is 5.75 Å². The molecule has 34 heavy (non-hydrogen) atoms. The first-order chi connectivity index (χ1) is 16.5. The lowest BCUT2D eigenvalue weighted by atomic mass is 9.94. The largest absolute Gasteiger partial charge is 0.497 e. The zero-order valence-corrected chi connectivity index (χ0v) is 19.1. The summed E-state index contributed by atoms with van der Waals surface area (Å²) in [5.74, 6) is 2.23. The maximum Gasteiger partial charge on any atom is 0.322 e. The highest BCUT2D eigenvalue weighted by Crippen LogP contribution is 2.38. The van der Waals surface area contributed by atoms with Gasteiger partial charge in [-0.1, -0.05) is 47.1 Å². The van der Waals surface area contributed by atoms with Gasteiger partial charge in [0, 0.05) is 11.3 Å². The van der Waals surface area contributed by atoms with Crippen LogP contribution in [-0.4, -0.2) is 28.2 Å². The molecule has 172 valence electrons. The number of amides is 2. The van der Waals surface area contributed by atoms with Gasteiger partial charge in [0.1, 0.15) is 11.5 Å². The highest BCUT2D eigenvalue weighted by atomic mass is 16.5. The molecule has 1 aliphatic heterocycles. The summed E-state index contributed by atoms with van der Waals surface area (Å²) >= 11 is 0. The van der Waals surface area contributed by atoms with Crippen molar-refractivity contribution in [1.29, 1.82) is 0 Å². The Morgan fingerprint density at radius 1 is 1.06 bits per heavy atom. The van der Waals surface area contributed by atoms with Crippen molar-refractivity contribution in [3.63, 3.8) is 0 Å². The smallest absolute Gasteiger partial charge is 0.322 e. The minimum Gasteiger partial charge on any atom is -0.497 e. The normalized spacial score (nSPS) is 16.0. The van der Waals surface area contributed by atoms with Crippen molar-refractivity contribution in [1.82, 2.24) is 20.4 Å². The van der Waals surface area contributed by atoms with Gasteiger partial charge in [0.05, 0.1) is 31.5 Å². The predicted molar refractivity (Wildman–Crippen MR) is 126 cm³/mol. The van der Waals surface area contributed by atoms with Gasteiger partial charge in [-0.05, 0) is 43.7 Å². The van der Waals surface area contributed by atoms with Gasteiger partial charge in [-0.15, -0.1) is 0 Å². The average molecular weight is 457 g/mol. The zero-order valence-electron chi connectivity index (χ0n) is 19.1. The Balaban J connectivity index is 1.58. The summed E-state index contributed by atoms with van der Waals surface area (Å²) in [5.41, 5.74) is 4.31. The molecule has 1 N–H and O–H groups in total. The molecule has 0 saturated carbocycles. The Labute approximate surface area is 196 Å². The van der Waals surface area contributed by atoms with Crippen LogP contribution >= 0.6 is 0 Å². The van der Waals surface area contributed by atoms with Crippen molar-refractivity contribution in [2.75, 3.05) is 7.11 Å². The van der Waals surface area contributed by atoms with E-state index in [-0.39, 0.29) is 12.6 Å². The molecule has 0 saturated heterocycles. The molecule has 1 aliphatic rings. The molecule has 1 unspecified atom stereocenters. The van der Waals surface area contributed by atoms with Gasteiger partial charge >= 0.3 is 6.03 Å². The van der Waals surface area contributed by atoms with E-state index in [9.17, 15) is 4.79 Å². The third kappa shape index (κ3) is 4.05. The van der Waals surface area contributed by atoms with Gasteiger partial charge in [-0.3, -0.25) is 4.90 Å². The molecule has 0 bridgehead atoms. The van der Waals surface area contributed by atoms with Crippen molar-refractivity contribution in [3.8, 4) is 17.1 Å². The summed E-state index contributed by atoms with van der Waals surface area (Å²) in [6.45, 7) is 4.18. The van der Waals surface area contributed by atoms with Crippen LogP contribution in [-0.2, 0) is 6.54 Å². The Hall–Kier alpha value is -4.33. The van der Waals surface area contributed by atoms with E-state index in [2.05, 4.69) is 15.5 Å². The number of nitrogens with zero attached hydrogens (tertiary/aromatic N) is 3. The second kappa shape index (κ2) is 8.90. The van der Waals surface area contributed by atoms with Crippen LogP contribution < -0.4 is 10.1 Å². The lowest BCUT2D eigenvalue weighted by molar-refractivity contribution is 0.199. The number of rotatable bonds is 6. The number of ether oxygens (including phenoxy) is 1. The summed E-state index contributed by atoms with van der Waals surface area (Å²) < 4.78 is 16.5. The number of urea groups is 1. The van der Waals surface area contributed by atoms with E-state index in [1.807, 2.05) is 68.4 Å². The molecule has 2 aromatic heterocycles. The van der Waals surface area contributed by atoms with E-state index in [1.165, 1.54) is 0 Å². The summed E-state index contributed by atoms with van der Waals surface area (Å²) in [6, 6.07) is 18.4. The minimum absolute atomic E-state index is 0.239. The molecule has 0 fully saturated rings. The molecule has 4 aromatic rings. The van der Waals surface area contributed by atoms with Crippen LogP contribution in [0.15, 0.2) is 81.6 Å². The number of aryl methyl sites for hydroxylation is 1. The third-order valence-electron chi connectivity index (χ3n) is 5.91. The quantitative estimate of drug-likeness (QED) is 0.421. The fourth-order valence-corrected chi connectivity index (χ4v) is 4.01. The lowest BCUT2D eigenvalue weighted by Gasteiger charge is -2.34. The monoisotopic (exact) mass is 456 g/mol. The minimum atomic E-state index is -0.474. The zero-order chi connectivity index (χ0) is 23.7. The highest BCUT2D eigenvalue weighted by molar-refractivity contribution is 5.86. The number of allylic oxidation sites excluding steroid dienone is 1. The van der Waals surface area contributed by atoms with Crippen LogP contribution in [0.1, 0.15) is 35.7 Å². The molecule has 8 nitrogen and oxygen atoms in total. The second-order valence-corrected chi connectivity index (χ2v) is 8.11. The van der Waals surface area contributed by atoms with E-state index in [1.54, 1.807) is 24.3 Å². The summed E-state index contributed by atoms with van der Waals surface area (Å²) in [4.78, 5) is 19.4. The first-order valence-corrected chi connectivity index (χ1v) is 10.9. The van der Waals surface area contributed by atoms with Crippen LogP contribution in [0, 0.1) is 6.92 Å². The molecule has 2 aromatic carbocycles. The van der Waals surface area contributed by atoms with Crippen LogP contribution in [0.4, 0.5) is 4.79 Å². The number of hydrogen-bond donors (Lipinski definition) is 1. The summed E-state index contributed by atoms with van der Waals surface area (Å²) in [6.07, 6.45) is 1.59. The maximum atomic E-state index is 13.1. The van der Waals surface area contributed by atoms with Crippen molar-refractivity contribution in [3.05, 3.63) is 95.4 Å². The Morgan fingerprint density at radius 2 is 1.82 bits per heavy atom. The molecule has 1 atom stereocenters. The number of carbonyl (C=O) groups excluding carboxylic acids is 1. The number of aromatic nitrogens is 2. The third-order valence-corrected chi connectivity index (χ3v) is 5.91. The van der Waals surface area contributed by atoms with Crippen molar-refractivity contribution in [2.24, 2.45) is 0 Å². The topological polar surface area (TPSA) is 93.6 Å². The Kier molecular flexibility index (Phi) is 5.63. The fourth-order valence-electron chi connectivity index (χ4n) is 4.01. The summed E-state index contributed by atoms with van der Waals surface area (Å²) in [5, 5.41) is 7.30. The van der Waals surface area contributed by atoms with E-state index in [4.69, 9.17) is 13.7 Å². The fraction of sp³-hybridized carbons (Fsp3) is 0.192. The predicted octanol–water partition coefficient (Wildman–Crippen LogP) is 5.34. The first-order valence-electron chi connectivity index (χ1n) is 10.9. The summed E-state index contributed by atoms with van der Waals surface area (Å²) in [7, 11) is 1.62. The van der Waals surface area contributed by atoms with E-state index in [0.29, 0.717) is 23.2 Å². The molecule has 8 heteroatoms. The Bertz CT molecular complexity index is 1320. The van der Waals surface area contributed by atoms with Gasteiger partial charge < -0.3 is 19.0 Å². The average Bonchev–Trinajstić information content (AvgIpc) is 3.54. The van der Waals surface area contributed by atoms with Gasteiger partial charge in [0.25, 0.3) is 5.89 Å². The molecule has 3 heterocycles. The Morgan fingerprint density at radius 3 is 2.50 bits per heavy atom. The molecule has 2 amide bonds. The van der Waals surface area contributed by atoms with E-state index >= 15 is 0 Å². The number of carbonyl (C=O) groups is 1. The van der Waals surface area contributed by atoms with Crippen molar-refractivity contribution < 1.29 is 18.5 Å². The number of furan rings is 1. The number of nitrogens with one attached hydrogen (secondary N) is 1. The molecular weight excluding hydrogens is 432 g/mol. The SMILES string of the molecule is COc1ccc(C2NC(=O)N(Cc3ccco3)C(C)=C2c2nc(-c3ccc(C)cc3)no2)cc1. The van der Waals surface area contributed by atoms with E-state index in [0.717, 1.165) is 28.0 Å². The molecule has 5 rings (SSSR count). The van der Waals surface area contributed by atoms with Gasteiger partial charge in [0.2, 0.25) is 5.82 Å². The van der Waals surface area contributed by atoms with Gasteiger partial charge in [0.15, 0.2) is 0 Å². The van der Waals surface area contributed by atoms with Crippen LogP contribution in [0.3, 0.4) is 0 Å². The number of methoxy groups -OCH3 is 1. The van der Waals surface area contributed by atoms with Crippen molar-refractivity contribution in [2.45, 2.75) is 26.4 Å².